The Labute approximate surface area is 90.2 Å². The van der Waals surface area contributed by atoms with Gasteiger partial charge in [0.1, 0.15) is 0 Å². The van der Waals surface area contributed by atoms with Gasteiger partial charge in [-0.1, -0.05) is 6.92 Å². The zero-order valence-corrected chi connectivity index (χ0v) is 9.40. The number of esters is 1. The first kappa shape index (κ1) is 10.9. The molecule has 2 rings (SSSR count). The van der Waals surface area contributed by atoms with Crippen LogP contribution >= 0.6 is 0 Å². The molecule has 0 radical (unpaired) electrons. The minimum Gasteiger partial charge on any atom is -0.469 e. The Morgan fingerprint density at radius 1 is 1.60 bits per heavy atom. The first-order chi connectivity index (χ1) is 7.05. The average molecular weight is 213 g/mol. The number of hydrogen-bond acceptors (Lipinski definition) is 4. The van der Waals surface area contributed by atoms with Gasteiger partial charge in [0.2, 0.25) is 0 Å². The van der Waals surface area contributed by atoms with Crippen molar-refractivity contribution in [2.45, 2.75) is 25.4 Å². The lowest BCUT2D eigenvalue weighted by Crippen LogP contribution is -2.64. The number of rotatable bonds is 4. The van der Waals surface area contributed by atoms with Crippen LogP contribution in [0.15, 0.2) is 0 Å². The number of aliphatic hydroxyl groups is 1. The maximum atomic E-state index is 11.2. The molecule has 1 N–H and O–H groups in total. The van der Waals surface area contributed by atoms with Gasteiger partial charge in [-0.3, -0.25) is 9.69 Å². The van der Waals surface area contributed by atoms with Gasteiger partial charge < -0.3 is 9.84 Å². The summed E-state index contributed by atoms with van der Waals surface area (Å²) in [6, 6.07) is 0. The van der Waals surface area contributed by atoms with E-state index in [1.54, 1.807) is 0 Å². The maximum Gasteiger partial charge on any atom is 0.309 e. The second kappa shape index (κ2) is 3.76. The standard InChI is InChI=1S/C11H19NO3/c1-8(10(13)15-2)5-12-6-11(14,7-12)9-3-4-9/h8-9,14H,3-7H2,1-2H3. The second-order valence-corrected chi connectivity index (χ2v) is 4.97. The van der Waals surface area contributed by atoms with Crippen LogP contribution in [0.2, 0.25) is 0 Å². The molecule has 0 aromatic rings. The minimum absolute atomic E-state index is 0.0984. The molecule has 1 aliphatic heterocycles. The van der Waals surface area contributed by atoms with Crippen LogP contribution in [0.3, 0.4) is 0 Å². The van der Waals surface area contributed by atoms with E-state index < -0.39 is 5.60 Å². The van der Waals surface area contributed by atoms with E-state index in [2.05, 4.69) is 9.64 Å². The highest BCUT2D eigenvalue weighted by atomic mass is 16.5. The molecular weight excluding hydrogens is 194 g/mol. The summed E-state index contributed by atoms with van der Waals surface area (Å²) in [5, 5.41) is 10.1. The molecule has 0 aromatic carbocycles. The lowest BCUT2D eigenvalue weighted by molar-refractivity contribution is -0.150. The zero-order valence-electron chi connectivity index (χ0n) is 9.40. The first-order valence-electron chi connectivity index (χ1n) is 5.58. The van der Waals surface area contributed by atoms with Crippen molar-refractivity contribution < 1.29 is 14.6 Å². The summed E-state index contributed by atoms with van der Waals surface area (Å²) in [5.74, 6) is 0.248. The van der Waals surface area contributed by atoms with Crippen LogP contribution in [0, 0.1) is 11.8 Å². The van der Waals surface area contributed by atoms with Crippen molar-refractivity contribution in [3.8, 4) is 0 Å². The number of carbonyl (C=O) groups is 1. The van der Waals surface area contributed by atoms with Gasteiger partial charge in [0.25, 0.3) is 0 Å². The van der Waals surface area contributed by atoms with Gasteiger partial charge in [-0.2, -0.15) is 0 Å². The van der Waals surface area contributed by atoms with Crippen LogP contribution in [-0.2, 0) is 9.53 Å². The van der Waals surface area contributed by atoms with Crippen molar-refractivity contribution in [3.05, 3.63) is 0 Å². The fourth-order valence-electron chi connectivity index (χ4n) is 2.40. The van der Waals surface area contributed by atoms with E-state index in [9.17, 15) is 9.90 Å². The Kier molecular flexibility index (Phi) is 2.73. The van der Waals surface area contributed by atoms with E-state index >= 15 is 0 Å². The molecule has 1 heterocycles. The van der Waals surface area contributed by atoms with Crippen LogP contribution in [0.1, 0.15) is 19.8 Å². The summed E-state index contributed by atoms with van der Waals surface area (Å²) in [6.45, 7) is 4.00. The summed E-state index contributed by atoms with van der Waals surface area (Å²) < 4.78 is 4.67. The van der Waals surface area contributed by atoms with Crippen molar-refractivity contribution in [2.24, 2.45) is 11.8 Å². The molecule has 0 bridgehead atoms. The molecular formula is C11H19NO3. The fraction of sp³-hybridized carbons (Fsp3) is 0.909. The predicted octanol–water partition coefficient (Wildman–Crippen LogP) is 0.252. The largest absolute Gasteiger partial charge is 0.469 e. The Morgan fingerprint density at radius 2 is 2.20 bits per heavy atom. The molecule has 1 atom stereocenters. The van der Waals surface area contributed by atoms with Gasteiger partial charge in [-0.15, -0.1) is 0 Å². The molecule has 4 heteroatoms. The molecule has 86 valence electrons. The molecule has 15 heavy (non-hydrogen) atoms. The average Bonchev–Trinajstić information content (AvgIpc) is 2.96. The number of ether oxygens (including phenoxy) is 1. The molecule has 2 aliphatic rings. The summed E-state index contributed by atoms with van der Waals surface area (Å²) in [5.41, 5.74) is -0.449. The smallest absolute Gasteiger partial charge is 0.309 e. The van der Waals surface area contributed by atoms with Gasteiger partial charge in [0.05, 0.1) is 18.6 Å². The Hall–Kier alpha value is -0.610. The topological polar surface area (TPSA) is 49.8 Å². The van der Waals surface area contributed by atoms with Gasteiger partial charge in [-0.05, 0) is 18.8 Å². The van der Waals surface area contributed by atoms with E-state index in [0.717, 1.165) is 25.9 Å². The molecule has 1 unspecified atom stereocenters. The van der Waals surface area contributed by atoms with E-state index in [1.165, 1.54) is 7.11 Å². The summed E-state index contributed by atoms with van der Waals surface area (Å²) >= 11 is 0. The third kappa shape index (κ3) is 2.16. The highest BCUT2D eigenvalue weighted by Gasteiger charge is 2.51. The molecule has 0 amide bonds. The lowest BCUT2D eigenvalue weighted by Gasteiger charge is -2.47. The Morgan fingerprint density at radius 3 is 2.67 bits per heavy atom. The van der Waals surface area contributed by atoms with Crippen LogP contribution in [0.5, 0.6) is 0 Å². The fourth-order valence-corrected chi connectivity index (χ4v) is 2.40. The monoisotopic (exact) mass is 213 g/mol. The Bertz CT molecular complexity index is 257. The predicted molar refractivity (Wildman–Crippen MR) is 55.3 cm³/mol. The quantitative estimate of drug-likeness (QED) is 0.680. The molecule has 0 aromatic heterocycles. The van der Waals surface area contributed by atoms with E-state index in [-0.39, 0.29) is 11.9 Å². The van der Waals surface area contributed by atoms with Crippen molar-refractivity contribution in [1.29, 1.82) is 0 Å². The third-order valence-corrected chi connectivity index (χ3v) is 3.47. The highest BCUT2D eigenvalue weighted by molar-refractivity contribution is 5.72. The number of carbonyl (C=O) groups excluding carboxylic acids is 1. The molecule has 1 aliphatic carbocycles. The number of methoxy groups -OCH3 is 1. The summed E-state index contributed by atoms with van der Waals surface area (Å²) in [4.78, 5) is 13.3. The highest BCUT2D eigenvalue weighted by Crippen LogP contribution is 2.44. The Balaban J connectivity index is 1.73. The number of likely N-dealkylation sites (tertiary alicyclic amines) is 1. The van der Waals surface area contributed by atoms with Crippen LogP contribution in [0.25, 0.3) is 0 Å². The van der Waals surface area contributed by atoms with Gasteiger partial charge in [-0.25, -0.2) is 0 Å². The van der Waals surface area contributed by atoms with Gasteiger partial charge >= 0.3 is 5.97 Å². The maximum absolute atomic E-state index is 11.2. The minimum atomic E-state index is -0.449. The third-order valence-electron chi connectivity index (χ3n) is 3.47. The summed E-state index contributed by atoms with van der Waals surface area (Å²) in [7, 11) is 1.41. The van der Waals surface area contributed by atoms with Gasteiger partial charge in [0.15, 0.2) is 0 Å². The zero-order chi connectivity index (χ0) is 11.1. The second-order valence-electron chi connectivity index (χ2n) is 4.97. The first-order valence-corrected chi connectivity index (χ1v) is 5.58. The van der Waals surface area contributed by atoms with Crippen molar-refractivity contribution in [1.82, 2.24) is 4.90 Å². The van der Waals surface area contributed by atoms with Gasteiger partial charge in [0, 0.05) is 19.6 Å². The number of β-amino-alcohol motifs (C(OH)–C–C–N with tert-alkyl or cyclic N) is 1. The summed E-state index contributed by atoms with van der Waals surface area (Å²) in [6.07, 6.45) is 2.33. The van der Waals surface area contributed by atoms with E-state index in [0.29, 0.717) is 12.5 Å². The van der Waals surface area contributed by atoms with Crippen molar-refractivity contribution in [2.75, 3.05) is 26.7 Å². The number of hydrogen-bond donors (Lipinski definition) is 1. The van der Waals surface area contributed by atoms with Crippen LogP contribution < -0.4 is 0 Å². The molecule has 1 saturated carbocycles. The lowest BCUT2D eigenvalue weighted by atomic mass is 9.88. The number of nitrogens with zero attached hydrogens (tertiary/aromatic N) is 1. The van der Waals surface area contributed by atoms with Crippen molar-refractivity contribution in [3.63, 3.8) is 0 Å². The molecule has 2 fully saturated rings. The van der Waals surface area contributed by atoms with Crippen LogP contribution in [-0.4, -0.2) is 48.3 Å². The van der Waals surface area contributed by atoms with E-state index in [4.69, 9.17) is 0 Å². The van der Waals surface area contributed by atoms with E-state index in [1.807, 2.05) is 6.92 Å². The van der Waals surface area contributed by atoms with Crippen LogP contribution in [0.4, 0.5) is 0 Å². The molecule has 4 nitrogen and oxygen atoms in total. The normalized spacial score (nSPS) is 26.9. The molecule has 1 saturated heterocycles. The molecule has 0 spiro atoms. The van der Waals surface area contributed by atoms with Crippen molar-refractivity contribution >= 4 is 5.97 Å². The SMILES string of the molecule is COC(=O)C(C)CN1CC(O)(C2CC2)C1.